The molecule has 0 amide bonds. The second-order valence-electron chi connectivity index (χ2n) is 8.06. The number of aliphatic hydroxyl groups is 2. The van der Waals surface area contributed by atoms with Crippen molar-refractivity contribution < 1.29 is 52.6 Å². The summed E-state index contributed by atoms with van der Waals surface area (Å²) in [6.45, 7) is 0.842. The van der Waals surface area contributed by atoms with E-state index in [9.17, 15) is 29.7 Å². The van der Waals surface area contributed by atoms with E-state index in [2.05, 4.69) is 0 Å². The number of carbonyl (C=O) groups is 1. The van der Waals surface area contributed by atoms with Crippen LogP contribution in [0.4, 0.5) is 0 Å². The Morgan fingerprint density at radius 2 is 1.53 bits per heavy atom. The molecule has 3 N–H and O–H groups in total. The third-order valence-electron chi connectivity index (χ3n) is 5.92. The highest BCUT2D eigenvalue weighted by molar-refractivity contribution is 6.22. The first kappa shape index (κ1) is 23.7. The lowest BCUT2D eigenvalue weighted by Gasteiger charge is -2.20. The number of methoxy groups -OCH3 is 2. The summed E-state index contributed by atoms with van der Waals surface area (Å²) in [5.41, 5.74) is -2.08. The van der Waals surface area contributed by atoms with Gasteiger partial charge in [0.15, 0.2) is 22.7 Å². The molecule has 0 radical (unpaired) electrons. The maximum absolute atomic E-state index is 12.9. The van der Waals surface area contributed by atoms with E-state index in [1.54, 1.807) is 0 Å². The second kappa shape index (κ2) is 8.55. The van der Waals surface area contributed by atoms with Crippen LogP contribution in [0.15, 0.2) is 30.6 Å². The number of rotatable bonds is 6. The topological polar surface area (TPSA) is 184 Å². The summed E-state index contributed by atoms with van der Waals surface area (Å²) >= 11 is 0. The zero-order valence-corrected chi connectivity index (χ0v) is 19.1. The van der Waals surface area contributed by atoms with Crippen molar-refractivity contribution in [3.63, 3.8) is 0 Å². The van der Waals surface area contributed by atoms with Gasteiger partial charge in [0.25, 0.3) is 0 Å². The molecule has 4 aromatic rings. The molecule has 0 saturated carbocycles. The van der Waals surface area contributed by atoms with E-state index in [1.165, 1.54) is 27.2 Å². The largest absolute Gasteiger partial charge is 0.504 e. The molecule has 0 bridgehead atoms. The predicted molar refractivity (Wildman–Crippen MR) is 120 cm³/mol. The van der Waals surface area contributed by atoms with Gasteiger partial charge in [0.2, 0.25) is 17.8 Å². The van der Waals surface area contributed by atoms with E-state index in [-0.39, 0.29) is 56.6 Å². The van der Waals surface area contributed by atoms with Crippen molar-refractivity contribution in [3.05, 3.63) is 33.0 Å². The average Bonchev–Trinajstić information content (AvgIpc) is 3.10. The minimum Gasteiger partial charge on any atom is -0.504 e. The van der Waals surface area contributed by atoms with Crippen LogP contribution in [0, 0.1) is 0 Å². The normalized spacial score (nSPS) is 21.9. The molecule has 5 rings (SSSR count). The number of phenolic OH excluding ortho intramolecular Hbond substituents is 1. The van der Waals surface area contributed by atoms with Gasteiger partial charge in [-0.25, -0.2) is 9.59 Å². The number of hydrogen-bond acceptors (Lipinski definition) is 13. The first-order chi connectivity index (χ1) is 17.2. The van der Waals surface area contributed by atoms with Gasteiger partial charge in [0, 0.05) is 17.7 Å². The van der Waals surface area contributed by atoms with Crippen molar-refractivity contribution >= 4 is 38.7 Å². The maximum atomic E-state index is 12.9. The number of ether oxygens (including phenoxy) is 5. The molecule has 13 heteroatoms. The third kappa shape index (κ3) is 3.47. The van der Waals surface area contributed by atoms with E-state index in [0.717, 1.165) is 6.07 Å². The average molecular weight is 504 g/mol. The van der Waals surface area contributed by atoms with Crippen LogP contribution in [-0.2, 0) is 14.3 Å². The first-order valence-electron chi connectivity index (χ1n) is 10.6. The zero-order chi connectivity index (χ0) is 25.9. The van der Waals surface area contributed by atoms with Gasteiger partial charge >= 0.3 is 17.2 Å². The number of esters is 1. The molecule has 2 aromatic heterocycles. The van der Waals surface area contributed by atoms with E-state index >= 15 is 0 Å². The van der Waals surface area contributed by atoms with Crippen LogP contribution in [0.2, 0.25) is 0 Å². The molecule has 13 nitrogen and oxygen atoms in total. The Bertz CT molecular complexity index is 1600. The lowest BCUT2D eigenvalue weighted by molar-refractivity contribution is -0.151. The summed E-state index contributed by atoms with van der Waals surface area (Å²) in [5, 5.41) is 31.1. The second-order valence-corrected chi connectivity index (χ2v) is 8.06. The fourth-order valence-electron chi connectivity index (χ4n) is 4.30. The van der Waals surface area contributed by atoms with Gasteiger partial charge in [-0.2, -0.15) is 0 Å². The summed E-state index contributed by atoms with van der Waals surface area (Å²) in [7, 11) is 2.52. The van der Waals surface area contributed by atoms with Crippen molar-refractivity contribution in [1.82, 2.24) is 0 Å². The zero-order valence-electron chi connectivity index (χ0n) is 19.1. The smallest absolute Gasteiger partial charge is 0.344 e. The number of aliphatic hydroxyl groups excluding tert-OH is 2. The van der Waals surface area contributed by atoms with Crippen LogP contribution >= 0.6 is 0 Å². The van der Waals surface area contributed by atoms with Crippen molar-refractivity contribution in [3.8, 4) is 23.0 Å². The lowest BCUT2D eigenvalue weighted by atomic mass is 10.0. The van der Waals surface area contributed by atoms with Gasteiger partial charge in [-0.15, -0.1) is 0 Å². The Balaban J connectivity index is 1.69. The van der Waals surface area contributed by atoms with E-state index in [0.29, 0.717) is 0 Å². The van der Waals surface area contributed by atoms with Crippen LogP contribution in [0.5, 0.6) is 23.0 Å². The highest BCUT2D eigenvalue weighted by Gasteiger charge is 2.45. The Labute approximate surface area is 200 Å². The standard InChI is InChI=1S/C23H20O13/c1-7(24)32-6-12-15(26)16(27)23(34-12)33-11-5-9-14-13-8(21(28)36-20(14)18(11)31-3)4-10(25)17(30-2)19(13)35-22(9)29/h4-5,12,15-16,23,25-27H,6H2,1-3H3/t12-,15-,16+,23+/m1/s1. The van der Waals surface area contributed by atoms with Crippen LogP contribution in [0.3, 0.4) is 0 Å². The summed E-state index contributed by atoms with van der Waals surface area (Å²) in [4.78, 5) is 36.8. The highest BCUT2D eigenvalue weighted by atomic mass is 16.7. The minimum absolute atomic E-state index is 0.0637. The fourth-order valence-corrected chi connectivity index (χ4v) is 4.30. The van der Waals surface area contributed by atoms with Gasteiger partial charge in [0.05, 0.1) is 25.0 Å². The van der Waals surface area contributed by atoms with Gasteiger partial charge in [0.1, 0.15) is 24.9 Å². The molecular formula is C23H20O13. The summed E-state index contributed by atoms with van der Waals surface area (Å²) < 4.78 is 37.5. The Hall–Kier alpha value is -4.07. The van der Waals surface area contributed by atoms with E-state index in [4.69, 9.17) is 32.5 Å². The molecule has 1 fully saturated rings. The molecule has 36 heavy (non-hydrogen) atoms. The third-order valence-corrected chi connectivity index (χ3v) is 5.92. The van der Waals surface area contributed by atoms with Gasteiger partial charge in [-0.3, -0.25) is 4.79 Å². The molecule has 0 unspecified atom stereocenters. The number of hydrogen-bond donors (Lipinski definition) is 3. The molecule has 0 spiro atoms. The van der Waals surface area contributed by atoms with E-state index in [1.807, 2.05) is 0 Å². The van der Waals surface area contributed by atoms with Gasteiger partial charge < -0.3 is 47.8 Å². The molecule has 0 aliphatic carbocycles. The Morgan fingerprint density at radius 1 is 0.944 bits per heavy atom. The molecule has 2 aromatic carbocycles. The molecule has 1 aliphatic rings. The number of phenols is 1. The number of benzene rings is 2. The summed E-state index contributed by atoms with van der Waals surface area (Å²) in [6, 6.07) is 2.38. The fraction of sp³-hybridized carbons (Fsp3) is 0.348. The summed E-state index contributed by atoms with van der Waals surface area (Å²) in [5.74, 6) is -1.47. The summed E-state index contributed by atoms with van der Waals surface area (Å²) in [6.07, 6.45) is -5.56. The minimum atomic E-state index is -1.56. The molecule has 3 heterocycles. The van der Waals surface area contributed by atoms with Crippen LogP contribution < -0.4 is 25.5 Å². The van der Waals surface area contributed by atoms with Gasteiger partial charge in [-0.05, 0) is 12.1 Å². The highest BCUT2D eigenvalue weighted by Crippen LogP contribution is 2.46. The van der Waals surface area contributed by atoms with Crippen molar-refractivity contribution in [2.24, 2.45) is 0 Å². The van der Waals surface area contributed by atoms with Crippen LogP contribution in [0.1, 0.15) is 6.92 Å². The predicted octanol–water partition coefficient (Wildman–Crippen LogP) is 0.602. The van der Waals surface area contributed by atoms with E-state index < -0.39 is 47.6 Å². The maximum Gasteiger partial charge on any atom is 0.344 e. The number of aromatic hydroxyl groups is 1. The van der Waals surface area contributed by atoms with Gasteiger partial charge in [-0.1, -0.05) is 0 Å². The molecule has 1 aliphatic heterocycles. The lowest BCUT2D eigenvalue weighted by Crippen LogP contribution is -2.36. The Morgan fingerprint density at radius 3 is 2.11 bits per heavy atom. The first-order valence-corrected chi connectivity index (χ1v) is 10.6. The SMILES string of the molecule is COc1c(O)cc2c(=O)oc3c(OC)c(O[C@H]4O[C@H](COC(C)=O)[C@@H](O)[C@@H]4O)cc4c(=O)oc1c2c34. The quantitative estimate of drug-likeness (QED) is 0.189. The number of carbonyl (C=O) groups excluding carboxylic acids is 1. The van der Waals surface area contributed by atoms with Crippen LogP contribution in [0.25, 0.3) is 32.7 Å². The van der Waals surface area contributed by atoms with Crippen molar-refractivity contribution in [1.29, 1.82) is 0 Å². The van der Waals surface area contributed by atoms with Crippen molar-refractivity contribution in [2.45, 2.75) is 31.5 Å². The van der Waals surface area contributed by atoms with Crippen LogP contribution in [-0.4, -0.2) is 66.7 Å². The van der Waals surface area contributed by atoms with Crippen molar-refractivity contribution in [2.75, 3.05) is 20.8 Å². The molecular weight excluding hydrogens is 484 g/mol. The molecule has 4 atom stereocenters. The molecule has 1 saturated heterocycles. The Kier molecular flexibility index (Phi) is 5.62. The molecule has 190 valence electrons. The monoisotopic (exact) mass is 504 g/mol.